The molecule has 7 nitrogen and oxygen atoms in total. The van der Waals surface area contributed by atoms with E-state index in [1.165, 1.54) is 89.9 Å². The molecule has 7 heteroatoms. The van der Waals surface area contributed by atoms with Gasteiger partial charge in [-0.1, -0.05) is 145 Å². The normalized spacial score (nSPS) is 15.6. The highest BCUT2D eigenvalue weighted by molar-refractivity contribution is 5.69. The number of hydrogen-bond acceptors (Lipinski definition) is 7. The molecule has 0 aromatic carbocycles. The molecule has 1 aliphatic rings. The Labute approximate surface area is 348 Å². The fourth-order valence-corrected chi connectivity index (χ4v) is 7.81. The van der Waals surface area contributed by atoms with Crippen LogP contribution in [0, 0.1) is 41.4 Å². The quantitative estimate of drug-likeness (QED) is 0.0455. The van der Waals surface area contributed by atoms with E-state index in [4.69, 9.17) is 18.9 Å². The van der Waals surface area contributed by atoms with Crippen molar-refractivity contribution in [3.05, 3.63) is 0 Å². The maximum atomic E-state index is 12.3. The molecule has 56 heavy (non-hydrogen) atoms. The van der Waals surface area contributed by atoms with Crippen molar-refractivity contribution in [2.24, 2.45) is 41.4 Å². The van der Waals surface area contributed by atoms with Gasteiger partial charge in [-0.3, -0.25) is 14.5 Å². The molecule has 2 atom stereocenters. The minimum atomic E-state index is -0.00789. The topological polar surface area (TPSA) is 74.3 Å². The second-order valence-corrected chi connectivity index (χ2v) is 19.1. The second kappa shape index (κ2) is 35.7. The summed E-state index contributed by atoms with van der Waals surface area (Å²) >= 11 is 0. The summed E-state index contributed by atoms with van der Waals surface area (Å²) in [6.07, 6.45) is 26.4. The van der Waals surface area contributed by atoms with Gasteiger partial charge >= 0.3 is 11.9 Å². The number of carbonyl (C=O) groups excluding carboxylic acids is 2. The molecule has 0 radical (unpaired) electrons. The number of ether oxygens (including phenoxy) is 4. The van der Waals surface area contributed by atoms with E-state index in [9.17, 15) is 9.59 Å². The summed E-state index contributed by atoms with van der Waals surface area (Å²) in [4.78, 5) is 27.2. The lowest BCUT2D eigenvalue weighted by Crippen LogP contribution is -2.37. The van der Waals surface area contributed by atoms with Gasteiger partial charge in [0.25, 0.3) is 0 Å². The zero-order valence-corrected chi connectivity index (χ0v) is 38.6. The fourth-order valence-electron chi connectivity index (χ4n) is 7.81. The first-order valence-corrected chi connectivity index (χ1v) is 24.2. The van der Waals surface area contributed by atoms with Crippen molar-refractivity contribution in [2.45, 2.75) is 203 Å². The zero-order valence-electron chi connectivity index (χ0n) is 38.6. The van der Waals surface area contributed by atoms with Gasteiger partial charge < -0.3 is 18.9 Å². The van der Waals surface area contributed by atoms with Crippen LogP contribution in [0.5, 0.6) is 0 Å². The van der Waals surface area contributed by atoms with E-state index in [1.54, 1.807) is 0 Å². The highest BCUT2D eigenvalue weighted by Crippen LogP contribution is 2.23. The highest BCUT2D eigenvalue weighted by atomic mass is 16.5. The van der Waals surface area contributed by atoms with Gasteiger partial charge in [0.2, 0.25) is 0 Å². The molecule has 1 heterocycles. The molecule has 0 bridgehead atoms. The van der Waals surface area contributed by atoms with Crippen LogP contribution in [0.15, 0.2) is 0 Å². The minimum absolute atomic E-state index is 0.00789. The molecule has 0 amide bonds. The summed E-state index contributed by atoms with van der Waals surface area (Å²) in [5.74, 6) is 4.11. The van der Waals surface area contributed by atoms with Crippen molar-refractivity contribution < 1.29 is 28.5 Å². The molecule has 0 spiro atoms. The van der Waals surface area contributed by atoms with Crippen molar-refractivity contribution in [1.82, 2.24) is 4.90 Å². The lowest BCUT2D eigenvalue weighted by molar-refractivity contribution is -0.146. The maximum Gasteiger partial charge on any atom is 0.305 e. The summed E-state index contributed by atoms with van der Waals surface area (Å²) in [7, 11) is 0. The van der Waals surface area contributed by atoms with E-state index in [0.717, 1.165) is 91.0 Å². The van der Waals surface area contributed by atoms with Crippen LogP contribution in [-0.2, 0) is 28.5 Å². The van der Waals surface area contributed by atoms with Crippen molar-refractivity contribution in [3.63, 3.8) is 0 Å². The smallest absolute Gasteiger partial charge is 0.305 e. The summed E-state index contributed by atoms with van der Waals surface area (Å²) in [6, 6.07) is 0. The van der Waals surface area contributed by atoms with Crippen molar-refractivity contribution in [3.8, 4) is 0 Å². The first-order valence-electron chi connectivity index (χ1n) is 24.2. The van der Waals surface area contributed by atoms with Gasteiger partial charge in [-0.15, -0.1) is 0 Å². The molecule has 0 saturated carbocycles. The van der Waals surface area contributed by atoms with Crippen LogP contribution in [0.4, 0.5) is 0 Å². The van der Waals surface area contributed by atoms with E-state index in [-0.39, 0.29) is 11.9 Å². The largest absolute Gasteiger partial charge is 0.465 e. The number of esters is 2. The fraction of sp³-hybridized carbons (Fsp3) is 0.959. The molecule has 0 aromatic heterocycles. The van der Waals surface area contributed by atoms with E-state index in [2.05, 4.69) is 60.3 Å². The molecular formula is C49H95NO6. The summed E-state index contributed by atoms with van der Waals surface area (Å²) in [5, 5.41) is 0. The van der Waals surface area contributed by atoms with Crippen LogP contribution >= 0.6 is 0 Å². The third-order valence-corrected chi connectivity index (χ3v) is 12.2. The van der Waals surface area contributed by atoms with Crippen LogP contribution in [0.25, 0.3) is 0 Å². The van der Waals surface area contributed by atoms with Crippen LogP contribution < -0.4 is 0 Å². The Morgan fingerprint density at radius 3 is 1.32 bits per heavy atom. The Balaban J connectivity index is 2.21. The number of carbonyl (C=O) groups is 2. The monoisotopic (exact) mass is 794 g/mol. The van der Waals surface area contributed by atoms with Gasteiger partial charge in [0.05, 0.1) is 26.4 Å². The van der Waals surface area contributed by atoms with Gasteiger partial charge in [-0.25, -0.2) is 0 Å². The van der Waals surface area contributed by atoms with Crippen LogP contribution in [0.2, 0.25) is 0 Å². The van der Waals surface area contributed by atoms with E-state index in [0.29, 0.717) is 67.5 Å². The molecule has 1 aliphatic heterocycles. The molecule has 1 fully saturated rings. The zero-order chi connectivity index (χ0) is 41.2. The van der Waals surface area contributed by atoms with Gasteiger partial charge in [0, 0.05) is 45.7 Å². The number of morpholine rings is 1. The highest BCUT2D eigenvalue weighted by Gasteiger charge is 2.18. The first-order chi connectivity index (χ1) is 27.0. The molecule has 1 rings (SSSR count). The van der Waals surface area contributed by atoms with E-state index in [1.807, 2.05) is 0 Å². The van der Waals surface area contributed by atoms with E-state index >= 15 is 0 Å². The minimum Gasteiger partial charge on any atom is -0.465 e. The predicted molar refractivity (Wildman–Crippen MR) is 236 cm³/mol. The van der Waals surface area contributed by atoms with Crippen LogP contribution in [-0.4, -0.2) is 76.1 Å². The maximum absolute atomic E-state index is 12.3. The molecule has 0 aliphatic carbocycles. The molecule has 0 N–H and O–H groups in total. The number of unbranched alkanes of at least 4 members (excludes halogenated alkanes) is 12. The average molecular weight is 794 g/mol. The molecule has 1 saturated heterocycles. The Hall–Kier alpha value is -1.18. The Morgan fingerprint density at radius 1 is 0.500 bits per heavy atom. The van der Waals surface area contributed by atoms with Gasteiger partial charge in [0.1, 0.15) is 0 Å². The van der Waals surface area contributed by atoms with Crippen molar-refractivity contribution in [1.29, 1.82) is 0 Å². The lowest BCUT2D eigenvalue weighted by atomic mass is 9.89. The Bertz CT molecular complexity index is 843. The standard InChI is InChI=1S/C49H95NO6/c1-41(2)28-30-46(43(5)6)39-55-48(51)26-21-17-13-9-11-15-19-24-45(38-54-35-23-32-50-33-36-53-37-34-50)25-20-16-12-10-14-18-22-27-49(52)56-40-47(44(7)8)31-29-42(3)4/h41-47H,9-40H2,1-8H3. The molecular weight excluding hydrogens is 699 g/mol. The average Bonchev–Trinajstić information content (AvgIpc) is 3.15. The second-order valence-electron chi connectivity index (χ2n) is 19.1. The van der Waals surface area contributed by atoms with E-state index < -0.39 is 0 Å². The number of nitrogens with zero attached hydrogens (tertiary/aromatic N) is 1. The summed E-state index contributed by atoms with van der Waals surface area (Å²) in [6.45, 7) is 25.9. The van der Waals surface area contributed by atoms with Crippen molar-refractivity contribution in [2.75, 3.05) is 59.3 Å². The SMILES string of the molecule is CC(C)CCC(COC(=O)CCCCCCCCCC(CCCCCCCCCC(=O)OCC(CCC(C)C)C(C)C)COCCCN1CCOCC1)C(C)C. The molecule has 0 aromatic rings. The lowest BCUT2D eigenvalue weighted by Gasteiger charge is -2.26. The molecule has 2 unspecified atom stereocenters. The van der Waals surface area contributed by atoms with Crippen LogP contribution in [0.3, 0.4) is 0 Å². The third-order valence-electron chi connectivity index (χ3n) is 12.2. The number of rotatable bonds is 38. The third kappa shape index (κ3) is 31.8. The molecule has 332 valence electrons. The van der Waals surface area contributed by atoms with Gasteiger partial charge in [-0.2, -0.15) is 0 Å². The Kier molecular flexibility index (Phi) is 33.7. The summed E-state index contributed by atoms with van der Waals surface area (Å²) < 4.78 is 23.1. The Morgan fingerprint density at radius 2 is 0.911 bits per heavy atom. The van der Waals surface area contributed by atoms with Crippen molar-refractivity contribution >= 4 is 11.9 Å². The van der Waals surface area contributed by atoms with Gasteiger partial charge in [0.15, 0.2) is 0 Å². The predicted octanol–water partition coefficient (Wildman–Crippen LogP) is 12.9. The van der Waals surface area contributed by atoms with Gasteiger partial charge in [-0.05, 0) is 86.4 Å². The van der Waals surface area contributed by atoms with Crippen LogP contribution in [0.1, 0.15) is 203 Å². The first kappa shape index (κ1) is 52.8. The number of hydrogen-bond donors (Lipinski definition) is 0. The summed E-state index contributed by atoms with van der Waals surface area (Å²) in [5.41, 5.74) is 0.